The second-order valence-electron chi connectivity index (χ2n) is 6.52. The monoisotopic (exact) mass is 426 g/mol. The maximum Gasteiger partial charge on any atom is 0.122 e. The van der Waals surface area contributed by atoms with Crippen molar-refractivity contribution in [3.63, 3.8) is 0 Å². The maximum absolute atomic E-state index is 10.2. The lowest BCUT2D eigenvalue weighted by molar-refractivity contribution is 0.117. The largest absolute Gasteiger partial charge is 0.507 e. The fourth-order valence-corrected chi connectivity index (χ4v) is 3.62. The molecule has 0 radical (unpaired) electrons. The number of hydrogen-bond acceptors (Lipinski definition) is 3. The summed E-state index contributed by atoms with van der Waals surface area (Å²) < 4.78 is 6.74. The zero-order chi connectivity index (χ0) is 19.2. The van der Waals surface area contributed by atoms with Gasteiger partial charge in [-0.25, -0.2) is 0 Å². The second kappa shape index (κ2) is 9.18. The Morgan fingerprint density at radius 1 is 1.22 bits per heavy atom. The third kappa shape index (κ3) is 4.98. The van der Waals surface area contributed by atoms with Crippen molar-refractivity contribution in [3.05, 3.63) is 87.9 Å². The first-order valence-electron chi connectivity index (χ1n) is 8.93. The highest BCUT2D eigenvalue weighted by molar-refractivity contribution is 9.10. The molecule has 2 N–H and O–H groups in total. The summed E-state index contributed by atoms with van der Waals surface area (Å²) in [6, 6.07) is 15.6. The summed E-state index contributed by atoms with van der Waals surface area (Å²) in [7, 11) is 0. The van der Waals surface area contributed by atoms with Crippen LogP contribution in [0, 0.1) is 0 Å². The number of hydrogen-bond donors (Lipinski definition) is 2. The highest BCUT2D eigenvalue weighted by atomic mass is 79.9. The summed E-state index contributed by atoms with van der Waals surface area (Å²) in [4.78, 5) is 0. The highest BCUT2D eigenvalue weighted by Gasteiger charge is 2.22. The number of phenols is 1. The van der Waals surface area contributed by atoms with Crippen molar-refractivity contribution in [2.24, 2.45) is 0 Å². The number of phenolic OH excluding ortho intramolecular Hbond substituents is 1. The zero-order valence-electron chi connectivity index (χ0n) is 15.1. The Labute approximate surface area is 168 Å². The molecule has 1 unspecified atom stereocenters. The number of allylic oxidation sites excluding steroid dienone is 1. The summed E-state index contributed by atoms with van der Waals surface area (Å²) in [6.45, 7) is 4.42. The highest BCUT2D eigenvalue weighted by Crippen LogP contribution is 2.32. The first-order chi connectivity index (χ1) is 13.1. The van der Waals surface area contributed by atoms with Gasteiger partial charge in [0.05, 0.1) is 19.3 Å². The van der Waals surface area contributed by atoms with Gasteiger partial charge in [0.2, 0.25) is 0 Å². The minimum atomic E-state index is -0.0622. The molecular formula is C23H23BrO3. The molecule has 27 heavy (non-hydrogen) atoms. The molecule has 1 aliphatic rings. The summed E-state index contributed by atoms with van der Waals surface area (Å²) in [5.74, 6) is 0.248. The molecule has 0 fully saturated rings. The molecule has 1 atom stereocenters. The summed E-state index contributed by atoms with van der Waals surface area (Å²) in [6.07, 6.45) is 5.51. The quantitative estimate of drug-likeness (QED) is 0.586. The van der Waals surface area contributed by atoms with Gasteiger partial charge in [-0.1, -0.05) is 58.9 Å². The molecule has 0 bridgehead atoms. The Morgan fingerprint density at radius 3 is 2.74 bits per heavy atom. The van der Waals surface area contributed by atoms with Crippen LogP contribution in [0.3, 0.4) is 0 Å². The lowest BCUT2D eigenvalue weighted by Gasteiger charge is -2.17. The standard InChI is InChI=1S/C23H23BrO3/c1-16(15-25)21-11-12-27-23(21)10-7-18(17-5-3-2-4-6-17)13-19-14-20(24)8-9-22(19)26/h2-6,8-9,11,13-14,23,25-26H,1,7,10,12,15H2/b18-13-. The molecule has 140 valence electrons. The molecule has 2 aromatic rings. The van der Waals surface area contributed by atoms with E-state index < -0.39 is 0 Å². The normalized spacial score (nSPS) is 17.0. The number of rotatable bonds is 7. The van der Waals surface area contributed by atoms with Crippen molar-refractivity contribution < 1.29 is 14.9 Å². The van der Waals surface area contributed by atoms with E-state index in [1.165, 1.54) is 0 Å². The van der Waals surface area contributed by atoms with Crippen LogP contribution < -0.4 is 0 Å². The Morgan fingerprint density at radius 2 is 2.00 bits per heavy atom. The molecule has 2 aromatic carbocycles. The fraction of sp³-hybridized carbons (Fsp3) is 0.217. The van der Waals surface area contributed by atoms with Crippen LogP contribution in [-0.4, -0.2) is 29.5 Å². The molecule has 4 heteroatoms. The van der Waals surface area contributed by atoms with Crippen LogP contribution >= 0.6 is 15.9 Å². The van der Waals surface area contributed by atoms with E-state index in [0.717, 1.165) is 39.6 Å². The smallest absolute Gasteiger partial charge is 0.122 e. The molecule has 3 nitrogen and oxygen atoms in total. The molecule has 0 saturated heterocycles. The Kier molecular flexibility index (Phi) is 6.67. The van der Waals surface area contributed by atoms with E-state index in [4.69, 9.17) is 4.74 Å². The molecule has 0 aromatic heterocycles. The van der Waals surface area contributed by atoms with Crippen molar-refractivity contribution in [2.45, 2.75) is 18.9 Å². The second-order valence-corrected chi connectivity index (χ2v) is 7.44. The molecule has 0 aliphatic carbocycles. The van der Waals surface area contributed by atoms with Crippen molar-refractivity contribution >= 4 is 27.6 Å². The number of aliphatic hydroxyl groups excluding tert-OH is 1. The lowest BCUT2D eigenvalue weighted by atomic mass is 9.93. The third-order valence-electron chi connectivity index (χ3n) is 4.69. The average molecular weight is 427 g/mol. The van der Waals surface area contributed by atoms with Crippen LogP contribution in [0.2, 0.25) is 0 Å². The van der Waals surface area contributed by atoms with Crippen LogP contribution in [0.5, 0.6) is 5.75 Å². The van der Waals surface area contributed by atoms with Gasteiger partial charge in [-0.15, -0.1) is 0 Å². The molecule has 3 rings (SSSR count). The van der Waals surface area contributed by atoms with Gasteiger partial charge >= 0.3 is 0 Å². The lowest BCUT2D eigenvalue weighted by Crippen LogP contribution is -2.13. The number of aliphatic hydroxyl groups is 1. The van der Waals surface area contributed by atoms with Crippen molar-refractivity contribution in [3.8, 4) is 5.75 Å². The minimum absolute atomic E-state index is 0.0566. The van der Waals surface area contributed by atoms with Gasteiger partial charge in [0.25, 0.3) is 0 Å². The van der Waals surface area contributed by atoms with Gasteiger partial charge in [-0.05, 0) is 59.4 Å². The summed E-state index contributed by atoms with van der Waals surface area (Å²) in [5.41, 5.74) is 4.71. The van der Waals surface area contributed by atoms with Crippen LogP contribution in [0.25, 0.3) is 11.6 Å². The maximum atomic E-state index is 10.2. The van der Waals surface area contributed by atoms with E-state index in [2.05, 4.69) is 34.6 Å². The van der Waals surface area contributed by atoms with E-state index in [-0.39, 0.29) is 18.5 Å². The topological polar surface area (TPSA) is 49.7 Å². The predicted molar refractivity (Wildman–Crippen MR) is 113 cm³/mol. The number of halogens is 1. The van der Waals surface area contributed by atoms with Crippen LogP contribution in [0.1, 0.15) is 24.0 Å². The van der Waals surface area contributed by atoms with Gasteiger partial charge in [-0.3, -0.25) is 0 Å². The van der Waals surface area contributed by atoms with Gasteiger partial charge < -0.3 is 14.9 Å². The van der Waals surface area contributed by atoms with Crippen molar-refractivity contribution in [1.82, 2.24) is 0 Å². The van der Waals surface area contributed by atoms with Gasteiger partial charge in [0.1, 0.15) is 5.75 Å². The fourth-order valence-electron chi connectivity index (χ4n) is 3.24. The number of ether oxygens (including phenoxy) is 1. The molecule has 1 aliphatic heterocycles. The van der Waals surface area contributed by atoms with E-state index in [1.54, 1.807) is 6.07 Å². The van der Waals surface area contributed by atoms with E-state index in [1.807, 2.05) is 42.5 Å². The molecule has 0 amide bonds. The van der Waals surface area contributed by atoms with Crippen LogP contribution in [0.15, 0.2) is 76.8 Å². The van der Waals surface area contributed by atoms with Crippen LogP contribution in [-0.2, 0) is 4.74 Å². The van der Waals surface area contributed by atoms with E-state index in [9.17, 15) is 10.2 Å². The molecule has 0 saturated carbocycles. The van der Waals surface area contributed by atoms with Crippen LogP contribution in [0.4, 0.5) is 0 Å². The SMILES string of the molecule is C=C(CO)C1=CCOC1CC/C(=C/c1cc(Br)ccc1O)c1ccccc1. The Balaban J connectivity index is 1.86. The average Bonchev–Trinajstić information content (AvgIpc) is 3.16. The Hall–Kier alpha value is -2.14. The van der Waals surface area contributed by atoms with Gasteiger partial charge in [0.15, 0.2) is 0 Å². The summed E-state index contributed by atoms with van der Waals surface area (Å²) in [5, 5.41) is 19.6. The number of aromatic hydroxyl groups is 1. The Bertz CT molecular complexity index is 868. The zero-order valence-corrected chi connectivity index (χ0v) is 16.7. The summed E-state index contributed by atoms with van der Waals surface area (Å²) >= 11 is 3.47. The molecule has 1 heterocycles. The third-order valence-corrected chi connectivity index (χ3v) is 5.18. The van der Waals surface area contributed by atoms with E-state index in [0.29, 0.717) is 12.2 Å². The van der Waals surface area contributed by atoms with Crippen molar-refractivity contribution in [1.29, 1.82) is 0 Å². The van der Waals surface area contributed by atoms with Gasteiger partial charge in [-0.2, -0.15) is 0 Å². The molecular weight excluding hydrogens is 404 g/mol. The number of benzene rings is 2. The van der Waals surface area contributed by atoms with E-state index >= 15 is 0 Å². The predicted octanol–water partition coefficient (Wildman–Crippen LogP) is 5.35. The first-order valence-corrected chi connectivity index (χ1v) is 9.73. The molecule has 0 spiro atoms. The first kappa shape index (κ1) is 19.6. The minimum Gasteiger partial charge on any atom is -0.507 e. The van der Waals surface area contributed by atoms with Gasteiger partial charge in [0, 0.05) is 10.0 Å². The van der Waals surface area contributed by atoms with Crippen molar-refractivity contribution in [2.75, 3.05) is 13.2 Å².